The molecule has 0 N–H and O–H groups in total. The van der Waals surface area contributed by atoms with E-state index in [2.05, 4.69) is 78.2 Å². The Morgan fingerprint density at radius 3 is 1.82 bits per heavy atom. The number of hydrogen-bond donors (Lipinski definition) is 0. The monoisotopic (exact) mass is 502 g/mol. The van der Waals surface area contributed by atoms with E-state index in [-0.39, 0.29) is 0 Å². The van der Waals surface area contributed by atoms with Crippen LogP contribution in [-0.4, -0.2) is 19.5 Å². The summed E-state index contributed by atoms with van der Waals surface area (Å²) in [6.07, 6.45) is 0. The number of benzene rings is 5. The fourth-order valence-electron chi connectivity index (χ4n) is 5.48. The van der Waals surface area contributed by atoms with E-state index in [0.29, 0.717) is 17.6 Å². The standard InChI is InChI=1S/C34H22N4O/c1-21-15-17-30-26(19-21)27-20-23(16-18-31(27)39-30)33-35-32(22-9-3-2-4-10-22)36-34(37-33)38-28-13-7-5-11-24(28)25-12-6-8-14-29(25)38/h2-20H,1H3. The zero-order chi connectivity index (χ0) is 25.9. The molecular weight excluding hydrogens is 480 g/mol. The third-order valence-electron chi connectivity index (χ3n) is 7.32. The molecule has 8 rings (SSSR count). The molecule has 0 atom stereocenters. The van der Waals surface area contributed by atoms with Crippen LogP contribution in [-0.2, 0) is 0 Å². The molecule has 0 saturated heterocycles. The van der Waals surface area contributed by atoms with Gasteiger partial charge in [0, 0.05) is 32.7 Å². The molecule has 0 aliphatic carbocycles. The smallest absolute Gasteiger partial charge is 0.238 e. The molecule has 0 aliphatic rings. The first-order valence-electron chi connectivity index (χ1n) is 13.0. The van der Waals surface area contributed by atoms with E-state index in [4.69, 9.17) is 19.4 Å². The van der Waals surface area contributed by atoms with Gasteiger partial charge < -0.3 is 4.42 Å². The lowest BCUT2D eigenvalue weighted by atomic mass is 10.1. The first-order chi connectivity index (χ1) is 19.2. The van der Waals surface area contributed by atoms with Crippen LogP contribution >= 0.6 is 0 Å². The lowest BCUT2D eigenvalue weighted by Gasteiger charge is -2.11. The van der Waals surface area contributed by atoms with Crippen molar-refractivity contribution in [2.24, 2.45) is 0 Å². The van der Waals surface area contributed by atoms with Crippen LogP contribution < -0.4 is 0 Å². The summed E-state index contributed by atoms with van der Waals surface area (Å²) in [6.45, 7) is 2.10. The predicted molar refractivity (Wildman–Crippen MR) is 157 cm³/mol. The van der Waals surface area contributed by atoms with Crippen molar-refractivity contribution in [2.45, 2.75) is 6.92 Å². The lowest BCUT2D eigenvalue weighted by Crippen LogP contribution is -2.06. The molecule has 184 valence electrons. The average Bonchev–Trinajstić information content (AvgIpc) is 3.52. The molecule has 0 fully saturated rings. The Hall–Kier alpha value is -5.29. The summed E-state index contributed by atoms with van der Waals surface area (Å²) < 4.78 is 8.25. The van der Waals surface area contributed by atoms with Crippen molar-refractivity contribution in [3.63, 3.8) is 0 Å². The largest absolute Gasteiger partial charge is 0.456 e. The Balaban J connectivity index is 1.42. The second-order valence-electron chi connectivity index (χ2n) is 9.83. The van der Waals surface area contributed by atoms with Gasteiger partial charge in [-0.3, -0.25) is 4.57 Å². The third-order valence-corrected chi connectivity index (χ3v) is 7.32. The summed E-state index contributed by atoms with van der Waals surface area (Å²) in [5.74, 6) is 1.83. The van der Waals surface area contributed by atoms with Crippen LogP contribution in [0.1, 0.15) is 5.56 Å². The summed E-state index contributed by atoms with van der Waals surface area (Å²) in [6, 6.07) is 39.3. The highest BCUT2D eigenvalue weighted by Gasteiger charge is 2.18. The zero-order valence-electron chi connectivity index (χ0n) is 21.2. The van der Waals surface area contributed by atoms with Crippen molar-refractivity contribution in [1.29, 1.82) is 0 Å². The van der Waals surface area contributed by atoms with E-state index in [9.17, 15) is 0 Å². The minimum atomic E-state index is 0.587. The summed E-state index contributed by atoms with van der Waals surface area (Å²) >= 11 is 0. The van der Waals surface area contributed by atoms with E-state index in [1.54, 1.807) is 0 Å². The van der Waals surface area contributed by atoms with Gasteiger partial charge in [-0.2, -0.15) is 9.97 Å². The molecule has 0 bridgehead atoms. The number of hydrogen-bond acceptors (Lipinski definition) is 4. The minimum Gasteiger partial charge on any atom is -0.456 e. The van der Waals surface area contributed by atoms with Gasteiger partial charge in [-0.05, 0) is 49.4 Å². The minimum absolute atomic E-state index is 0.587. The van der Waals surface area contributed by atoms with Crippen molar-refractivity contribution in [1.82, 2.24) is 19.5 Å². The molecule has 3 aromatic heterocycles. The van der Waals surface area contributed by atoms with Crippen LogP contribution in [0.25, 0.3) is 72.5 Å². The van der Waals surface area contributed by atoms with Gasteiger partial charge in [-0.25, -0.2) is 4.98 Å². The fraction of sp³-hybridized carbons (Fsp3) is 0.0294. The van der Waals surface area contributed by atoms with Gasteiger partial charge in [0.2, 0.25) is 5.95 Å². The fourth-order valence-corrected chi connectivity index (χ4v) is 5.48. The van der Waals surface area contributed by atoms with Crippen molar-refractivity contribution in [3.05, 3.63) is 121 Å². The molecule has 39 heavy (non-hydrogen) atoms. The average molecular weight is 503 g/mol. The molecule has 5 heteroatoms. The number of para-hydroxylation sites is 2. The quantitative estimate of drug-likeness (QED) is 0.243. The SMILES string of the molecule is Cc1ccc2oc3ccc(-c4nc(-c5ccccc5)nc(-n5c6ccccc6c6ccccc65)n4)cc3c2c1. The number of furan rings is 1. The maximum Gasteiger partial charge on any atom is 0.238 e. The van der Waals surface area contributed by atoms with Crippen LogP contribution in [0.3, 0.4) is 0 Å². The molecule has 3 heterocycles. The highest BCUT2D eigenvalue weighted by Crippen LogP contribution is 2.34. The van der Waals surface area contributed by atoms with Crippen molar-refractivity contribution < 1.29 is 4.42 Å². The predicted octanol–water partition coefficient (Wildman–Crippen LogP) is 8.51. The van der Waals surface area contributed by atoms with E-state index < -0.39 is 0 Å². The van der Waals surface area contributed by atoms with Crippen LogP contribution in [0.2, 0.25) is 0 Å². The lowest BCUT2D eigenvalue weighted by molar-refractivity contribution is 0.669. The maximum atomic E-state index is 6.11. The number of rotatable bonds is 3. The summed E-state index contributed by atoms with van der Waals surface area (Å²) in [5.41, 5.74) is 6.87. The van der Waals surface area contributed by atoms with Crippen LogP contribution in [0.15, 0.2) is 120 Å². The van der Waals surface area contributed by atoms with Crippen molar-refractivity contribution in [3.8, 4) is 28.7 Å². The highest BCUT2D eigenvalue weighted by atomic mass is 16.3. The Kier molecular flexibility index (Phi) is 4.67. The van der Waals surface area contributed by atoms with Crippen LogP contribution in [0, 0.1) is 6.92 Å². The zero-order valence-corrected chi connectivity index (χ0v) is 21.2. The Labute approximate surface area is 224 Å². The van der Waals surface area contributed by atoms with Gasteiger partial charge in [0.25, 0.3) is 0 Å². The Morgan fingerprint density at radius 2 is 1.10 bits per heavy atom. The summed E-state index contributed by atoms with van der Waals surface area (Å²) in [4.78, 5) is 15.0. The molecular formula is C34H22N4O. The molecule has 0 saturated carbocycles. The second kappa shape index (κ2) is 8.36. The molecule has 5 aromatic carbocycles. The first kappa shape index (κ1) is 21.8. The van der Waals surface area contributed by atoms with Gasteiger partial charge in [0.1, 0.15) is 11.2 Å². The first-order valence-corrected chi connectivity index (χ1v) is 13.0. The number of fused-ring (bicyclic) bond motifs is 6. The second-order valence-corrected chi connectivity index (χ2v) is 9.83. The van der Waals surface area contributed by atoms with Gasteiger partial charge in [0.15, 0.2) is 11.6 Å². The Morgan fingerprint density at radius 1 is 0.513 bits per heavy atom. The molecule has 0 radical (unpaired) electrons. The van der Waals surface area contributed by atoms with Gasteiger partial charge in [-0.15, -0.1) is 0 Å². The molecule has 0 aliphatic heterocycles. The van der Waals surface area contributed by atoms with E-state index in [0.717, 1.165) is 54.9 Å². The topological polar surface area (TPSA) is 56.7 Å². The number of nitrogens with zero attached hydrogens (tertiary/aromatic N) is 4. The molecule has 0 spiro atoms. The normalized spacial score (nSPS) is 11.7. The summed E-state index contributed by atoms with van der Waals surface area (Å²) in [7, 11) is 0. The summed E-state index contributed by atoms with van der Waals surface area (Å²) in [5, 5.41) is 4.47. The number of aromatic nitrogens is 4. The van der Waals surface area contributed by atoms with Gasteiger partial charge in [-0.1, -0.05) is 78.4 Å². The highest BCUT2D eigenvalue weighted by molar-refractivity contribution is 6.09. The Bertz CT molecular complexity index is 2140. The van der Waals surface area contributed by atoms with Crippen molar-refractivity contribution >= 4 is 43.7 Å². The molecule has 5 nitrogen and oxygen atoms in total. The third kappa shape index (κ3) is 3.44. The van der Waals surface area contributed by atoms with E-state index in [1.807, 2.05) is 48.5 Å². The van der Waals surface area contributed by atoms with Crippen LogP contribution in [0.4, 0.5) is 0 Å². The number of aryl methyl sites for hydroxylation is 1. The van der Waals surface area contributed by atoms with E-state index >= 15 is 0 Å². The van der Waals surface area contributed by atoms with Gasteiger partial charge in [0.05, 0.1) is 11.0 Å². The van der Waals surface area contributed by atoms with Gasteiger partial charge >= 0.3 is 0 Å². The molecule has 0 unspecified atom stereocenters. The maximum absolute atomic E-state index is 6.11. The van der Waals surface area contributed by atoms with Crippen LogP contribution in [0.5, 0.6) is 0 Å². The van der Waals surface area contributed by atoms with E-state index in [1.165, 1.54) is 5.56 Å². The molecule has 8 aromatic rings. The molecule has 0 amide bonds. The van der Waals surface area contributed by atoms with Crippen molar-refractivity contribution in [2.75, 3.05) is 0 Å².